The van der Waals surface area contributed by atoms with E-state index in [0.29, 0.717) is 12.1 Å². The first-order chi connectivity index (χ1) is 9.69. The lowest BCUT2D eigenvalue weighted by Crippen LogP contribution is -2.38. The number of rotatable bonds is 4. The van der Waals surface area contributed by atoms with Gasteiger partial charge in [-0.1, -0.05) is 12.1 Å². The van der Waals surface area contributed by atoms with Crippen molar-refractivity contribution in [3.05, 3.63) is 29.8 Å². The Morgan fingerprint density at radius 3 is 2.38 bits per heavy atom. The van der Waals surface area contributed by atoms with Crippen LogP contribution in [0.2, 0.25) is 0 Å². The molecule has 1 heterocycles. The lowest BCUT2D eigenvalue weighted by molar-refractivity contribution is -0.130. The molecule has 0 aliphatic carbocycles. The van der Waals surface area contributed by atoms with E-state index in [9.17, 15) is 9.59 Å². The van der Waals surface area contributed by atoms with Crippen LogP contribution in [-0.2, 0) is 16.0 Å². The number of amides is 2. The number of thioether (sulfide) groups is 1. The van der Waals surface area contributed by atoms with Gasteiger partial charge >= 0.3 is 0 Å². The van der Waals surface area contributed by atoms with Gasteiger partial charge < -0.3 is 16.0 Å². The Balaban J connectivity index is 0.00000220. The minimum Gasteiger partial charge on any atom is -0.341 e. The zero-order chi connectivity index (χ0) is 14.4. The molecule has 1 aliphatic heterocycles. The zero-order valence-electron chi connectivity index (χ0n) is 11.7. The molecule has 0 bridgehead atoms. The topological polar surface area (TPSA) is 75.4 Å². The number of nitrogens with one attached hydrogen (secondary N) is 1. The predicted molar refractivity (Wildman–Crippen MR) is 89.0 cm³/mol. The molecule has 2 rings (SSSR count). The van der Waals surface area contributed by atoms with Gasteiger partial charge in [0.05, 0.1) is 13.0 Å². The Bertz CT molecular complexity index is 476. The van der Waals surface area contributed by atoms with Crippen molar-refractivity contribution in [1.82, 2.24) is 4.90 Å². The molecule has 0 aromatic heterocycles. The van der Waals surface area contributed by atoms with Crippen LogP contribution in [0.15, 0.2) is 24.3 Å². The second kappa shape index (κ2) is 8.92. The van der Waals surface area contributed by atoms with Crippen LogP contribution in [0.5, 0.6) is 0 Å². The molecule has 116 valence electrons. The third-order valence-corrected chi connectivity index (χ3v) is 4.08. The molecular weight excluding hydrogens is 310 g/mol. The molecule has 5 nitrogen and oxygen atoms in total. The van der Waals surface area contributed by atoms with E-state index in [1.807, 2.05) is 28.8 Å². The van der Waals surface area contributed by atoms with Gasteiger partial charge in [0.1, 0.15) is 0 Å². The fraction of sp³-hybridized carbons (Fsp3) is 0.429. The summed E-state index contributed by atoms with van der Waals surface area (Å²) < 4.78 is 0. The van der Waals surface area contributed by atoms with Gasteiger partial charge in [0.2, 0.25) is 11.8 Å². The summed E-state index contributed by atoms with van der Waals surface area (Å²) in [5.74, 6) is 2.00. The number of nitrogens with zero attached hydrogens (tertiary/aromatic N) is 1. The third kappa shape index (κ3) is 5.57. The third-order valence-electron chi connectivity index (χ3n) is 3.14. The number of halogens is 1. The van der Waals surface area contributed by atoms with Gasteiger partial charge in [0, 0.05) is 30.3 Å². The van der Waals surface area contributed by atoms with Crippen LogP contribution in [0, 0.1) is 0 Å². The summed E-state index contributed by atoms with van der Waals surface area (Å²) in [4.78, 5) is 25.2. The molecule has 0 radical (unpaired) electrons. The molecular formula is C14H20ClN3O2S. The molecule has 7 heteroatoms. The van der Waals surface area contributed by atoms with Gasteiger partial charge in [-0.05, 0) is 17.7 Å². The first-order valence-electron chi connectivity index (χ1n) is 6.63. The van der Waals surface area contributed by atoms with Crippen molar-refractivity contribution in [2.45, 2.75) is 6.42 Å². The summed E-state index contributed by atoms with van der Waals surface area (Å²) in [6.07, 6.45) is 0.412. The van der Waals surface area contributed by atoms with Crippen LogP contribution < -0.4 is 11.1 Å². The average molecular weight is 330 g/mol. The van der Waals surface area contributed by atoms with E-state index in [2.05, 4.69) is 5.32 Å². The summed E-state index contributed by atoms with van der Waals surface area (Å²) in [6, 6.07) is 7.32. The van der Waals surface area contributed by atoms with Gasteiger partial charge in [0.25, 0.3) is 0 Å². The van der Waals surface area contributed by atoms with Crippen LogP contribution in [0.3, 0.4) is 0 Å². The van der Waals surface area contributed by atoms with Crippen molar-refractivity contribution in [1.29, 1.82) is 0 Å². The van der Waals surface area contributed by atoms with Gasteiger partial charge in [-0.2, -0.15) is 11.8 Å². The molecule has 2 amide bonds. The number of carbonyl (C=O) groups excluding carboxylic acids is 2. The predicted octanol–water partition coefficient (Wildman–Crippen LogP) is 1.12. The van der Waals surface area contributed by atoms with Crippen LogP contribution in [-0.4, -0.2) is 47.9 Å². The van der Waals surface area contributed by atoms with Gasteiger partial charge in [-0.3, -0.25) is 9.59 Å². The summed E-state index contributed by atoms with van der Waals surface area (Å²) in [5, 5.41) is 2.67. The monoisotopic (exact) mass is 329 g/mol. The number of carbonyl (C=O) groups is 2. The summed E-state index contributed by atoms with van der Waals surface area (Å²) >= 11 is 1.89. The Hall–Kier alpha value is -1.24. The molecule has 1 saturated heterocycles. The van der Waals surface area contributed by atoms with Crippen molar-refractivity contribution in [2.75, 3.05) is 36.5 Å². The molecule has 0 unspecified atom stereocenters. The van der Waals surface area contributed by atoms with Gasteiger partial charge in [0.15, 0.2) is 0 Å². The van der Waals surface area contributed by atoms with E-state index in [1.165, 1.54) is 0 Å². The van der Waals surface area contributed by atoms with Crippen molar-refractivity contribution in [2.24, 2.45) is 5.73 Å². The number of hydrogen-bond donors (Lipinski definition) is 2. The summed E-state index contributed by atoms with van der Waals surface area (Å²) in [6.45, 7) is 1.65. The molecule has 3 N–H and O–H groups in total. The highest BCUT2D eigenvalue weighted by Crippen LogP contribution is 2.13. The number of anilines is 1. The lowest BCUT2D eigenvalue weighted by Gasteiger charge is -2.26. The number of hydrogen-bond acceptors (Lipinski definition) is 4. The highest BCUT2D eigenvalue weighted by molar-refractivity contribution is 7.99. The Kier molecular flexibility index (Phi) is 7.56. The molecule has 0 atom stereocenters. The first-order valence-corrected chi connectivity index (χ1v) is 7.79. The van der Waals surface area contributed by atoms with Crippen LogP contribution in [0.25, 0.3) is 0 Å². The van der Waals surface area contributed by atoms with E-state index in [1.54, 1.807) is 12.1 Å². The minimum absolute atomic E-state index is 0. The molecule has 0 spiro atoms. The van der Waals surface area contributed by atoms with E-state index in [-0.39, 0.29) is 30.8 Å². The maximum absolute atomic E-state index is 12.1. The molecule has 1 aliphatic rings. The van der Waals surface area contributed by atoms with Crippen LogP contribution in [0.4, 0.5) is 5.69 Å². The Morgan fingerprint density at radius 2 is 1.81 bits per heavy atom. The highest BCUT2D eigenvalue weighted by atomic mass is 35.5. The average Bonchev–Trinajstić information content (AvgIpc) is 2.50. The molecule has 0 saturated carbocycles. The Labute approximate surface area is 135 Å². The first kappa shape index (κ1) is 17.8. The second-order valence-electron chi connectivity index (χ2n) is 4.62. The van der Waals surface area contributed by atoms with Crippen LogP contribution in [0.1, 0.15) is 5.56 Å². The smallest absolute Gasteiger partial charge is 0.238 e. The quantitative estimate of drug-likeness (QED) is 0.868. The van der Waals surface area contributed by atoms with E-state index < -0.39 is 0 Å². The summed E-state index contributed by atoms with van der Waals surface area (Å²) in [5.41, 5.74) is 6.89. The maximum atomic E-state index is 12.1. The fourth-order valence-corrected chi connectivity index (χ4v) is 2.92. The highest BCUT2D eigenvalue weighted by Gasteiger charge is 2.16. The van der Waals surface area contributed by atoms with Crippen LogP contribution >= 0.6 is 24.2 Å². The van der Waals surface area contributed by atoms with Crippen molar-refractivity contribution in [3.8, 4) is 0 Å². The summed E-state index contributed by atoms with van der Waals surface area (Å²) in [7, 11) is 0. The standard InChI is InChI=1S/C14H19N3O2S.ClH/c15-10-13(18)16-12-3-1-11(2-4-12)9-14(19)17-5-7-20-8-6-17;/h1-4H,5-10,15H2,(H,16,18);1H. The largest absolute Gasteiger partial charge is 0.341 e. The molecule has 1 fully saturated rings. The van der Waals surface area contributed by atoms with E-state index in [0.717, 1.165) is 30.2 Å². The van der Waals surface area contributed by atoms with Gasteiger partial charge in [-0.25, -0.2) is 0 Å². The zero-order valence-corrected chi connectivity index (χ0v) is 13.3. The second-order valence-corrected chi connectivity index (χ2v) is 5.84. The van der Waals surface area contributed by atoms with Crippen molar-refractivity contribution in [3.63, 3.8) is 0 Å². The maximum Gasteiger partial charge on any atom is 0.238 e. The number of benzene rings is 1. The minimum atomic E-state index is -0.223. The van der Waals surface area contributed by atoms with E-state index >= 15 is 0 Å². The number of nitrogens with two attached hydrogens (primary N) is 1. The molecule has 1 aromatic rings. The SMILES string of the molecule is Cl.NCC(=O)Nc1ccc(CC(=O)N2CCSCC2)cc1. The Morgan fingerprint density at radius 1 is 1.19 bits per heavy atom. The normalized spacial score (nSPS) is 14.2. The van der Waals surface area contributed by atoms with Gasteiger partial charge in [-0.15, -0.1) is 12.4 Å². The van der Waals surface area contributed by atoms with Crippen molar-refractivity contribution < 1.29 is 9.59 Å². The molecule has 1 aromatic carbocycles. The lowest BCUT2D eigenvalue weighted by atomic mass is 10.1. The van der Waals surface area contributed by atoms with E-state index in [4.69, 9.17) is 5.73 Å². The fourth-order valence-electron chi connectivity index (χ4n) is 2.02. The molecule has 21 heavy (non-hydrogen) atoms. The van der Waals surface area contributed by atoms with Crippen molar-refractivity contribution >= 4 is 41.7 Å².